The molecule has 0 unspecified atom stereocenters. The first-order chi connectivity index (χ1) is 2.91. The van der Waals surface area contributed by atoms with E-state index >= 15 is 0 Å². The minimum Gasteiger partial charge on any atom is -0.369 e. The van der Waals surface area contributed by atoms with Gasteiger partial charge in [0, 0.05) is 0 Å². The molecule has 0 aromatic heterocycles. The van der Waals surface area contributed by atoms with Crippen molar-refractivity contribution in [1.82, 2.24) is 5.32 Å². The van der Waals surface area contributed by atoms with Gasteiger partial charge in [-0.25, -0.2) is 0 Å². The van der Waals surface area contributed by atoms with Crippen molar-refractivity contribution in [1.29, 1.82) is 0 Å². The normalized spacial score (nSPS) is 8.83. The lowest BCUT2D eigenvalue weighted by Gasteiger charge is -1.79. The van der Waals surface area contributed by atoms with Crippen LogP contribution in [-0.2, 0) is 0 Å². The first-order valence-corrected chi connectivity index (χ1v) is 1.90. The van der Waals surface area contributed by atoms with Gasteiger partial charge in [0.05, 0.1) is 0 Å². The molecular weight excluding hydrogens is 74.1 g/mol. The van der Waals surface area contributed by atoms with Gasteiger partial charge in [-0.15, -0.1) is 0 Å². The van der Waals surface area contributed by atoms with Gasteiger partial charge in [0.25, 0.3) is 0 Å². The fourth-order valence-corrected chi connectivity index (χ4v) is 0.164. The van der Waals surface area contributed by atoms with Crippen LogP contribution in [0.4, 0.5) is 0 Å². The quantitative estimate of drug-likeness (QED) is 0.529. The number of nitrogens with one attached hydrogen (secondary N) is 1. The Morgan fingerprint density at radius 2 is 2.33 bits per heavy atom. The lowest BCUT2D eigenvalue weighted by atomic mass is 10.7. The monoisotopic (exact) mass is 83.1 g/mol. The van der Waals surface area contributed by atoms with Crippen LogP contribution >= 0.6 is 0 Å². The maximum atomic E-state index is 3.44. The number of hydrogen-bond acceptors (Lipinski definition) is 1. The van der Waals surface area contributed by atoms with Crippen LogP contribution in [0, 0.1) is 0 Å². The summed E-state index contributed by atoms with van der Waals surface area (Å²) in [5.74, 6) is 0. The molecule has 0 saturated heterocycles. The highest BCUT2D eigenvalue weighted by Gasteiger charge is 1.51. The lowest BCUT2D eigenvalue weighted by Crippen LogP contribution is -1.86. The van der Waals surface area contributed by atoms with Crippen LogP contribution in [0.2, 0.25) is 0 Å². The third kappa shape index (κ3) is 3.28. The third-order valence-electron chi connectivity index (χ3n) is 0.381. The van der Waals surface area contributed by atoms with E-state index in [1.807, 2.05) is 19.2 Å². The van der Waals surface area contributed by atoms with Crippen molar-refractivity contribution in [3.8, 4) is 0 Å². The van der Waals surface area contributed by atoms with Crippen molar-refractivity contribution in [2.75, 3.05) is 0 Å². The molecule has 0 amide bonds. The Balaban J connectivity index is 2.85. The van der Waals surface area contributed by atoms with Gasteiger partial charge >= 0.3 is 0 Å². The Labute approximate surface area is 38.4 Å². The molecule has 0 aliphatic rings. The highest BCUT2D eigenvalue weighted by molar-refractivity contribution is 4.79. The first kappa shape index (κ1) is 5.28. The molecule has 1 nitrogen and oxygen atoms in total. The first-order valence-electron chi connectivity index (χ1n) is 1.90. The summed E-state index contributed by atoms with van der Waals surface area (Å²) in [7, 11) is 0. The molecular formula is C5H9N. The molecule has 0 saturated carbocycles. The second-order valence-electron chi connectivity index (χ2n) is 0.871. The molecule has 0 aliphatic heterocycles. The molecule has 0 bridgehead atoms. The fourth-order valence-electron chi connectivity index (χ4n) is 0.164. The average molecular weight is 83.1 g/mol. The summed E-state index contributed by atoms with van der Waals surface area (Å²) >= 11 is 0. The largest absolute Gasteiger partial charge is 0.369 e. The van der Waals surface area contributed by atoms with Gasteiger partial charge in [-0.3, -0.25) is 0 Å². The van der Waals surface area contributed by atoms with Crippen molar-refractivity contribution < 1.29 is 0 Å². The molecule has 0 heterocycles. The maximum absolute atomic E-state index is 3.44. The average Bonchev–Trinajstić information content (AvgIpc) is 1.61. The summed E-state index contributed by atoms with van der Waals surface area (Å²) in [5.41, 5.74) is 0. The zero-order valence-corrected chi connectivity index (χ0v) is 3.94. The smallest absolute Gasteiger partial charge is 0.00387 e. The van der Waals surface area contributed by atoms with E-state index in [0.717, 1.165) is 0 Å². The van der Waals surface area contributed by atoms with E-state index in [1.165, 1.54) is 0 Å². The number of rotatable bonds is 2. The predicted octanol–water partition coefficient (Wildman–Crippen LogP) is 1.25. The second-order valence-corrected chi connectivity index (χ2v) is 0.871. The van der Waals surface area contributed by atoms with Gasteiger partial charge in [-0.05, 0) is 19.3 Å². The SMILES string of the molecule is C=CNC=CC. The fraction of sp³-hybridized carbons (Fsp3) is 0.200. The molecule has 0 aromatic carbocycles. The van der Waals surface area contributed by atoms with Crippen LogP contribution in [0.3, 0.4) is 0 Å². The maximum Gasteiger partial charge on any atom is -0.00387 e. The van der Waals surface area contributed by atoms with Crippen LogP contribution in [0.25, 0.3) is 0 Å². The molecule has 1 N–H and O–H groups in total. The third-order valence-corrected chi connectivity index (χ3v) is 0.381. The van der Waals surface area contributed by atoms with E-state index in [2.05, 4.69) is 11.9 Å². The molecule has 0 atom stereocenters. The second kappa shape index (κ2) is 4.28. The van der Waals surface area contributed by atoms with Crippen LogP contribution < -0.4 is 5.32 Å². The Kier molecular flexibility index (Phi) is 3.77. The minimum atomic E-state index is 1.62. The van der Waals surface area contributed by atoms with Crippen LogP contribution in [-0.4, -0.2) is 0 Å². The van der Waals surface area contributed by atoms with Gasteiger partial charge in [0.1, 0.15) is 0 Å². The Morgan fingerprint density at radius 1 is 1.67 bits per heavy atom. The highest BCUT2D eigenvalue weighted by Crippen LogP contribution is 1.58. The number of allylic oxidation sites excluding steroid dienone is 1. The van der Waals surface area contributed by atoms with E-state index in [4.69, 9.17) is 0 Å². The minimum absolute atomic E-state index is 1.62. The summed E-state index contributed by atoms with van der Waals surface area (Å²) in [6.07, 6.45) is 5.34. The molecule has 0 spiro atoms. The molecule has 34 valence electrons. The Hall–Kier alpha value is -0.720. The summed E-state index contributed by atoms with van der Waals surface area (Å²) in [6.45, 7) is 5.38. The summed E-state index contributed by atoms with van der Waals surface area (Å²) in [5, 5.41) is 2.78. The van der Waals surface area contributed by atoms with Gasteiger partial charge in [-0.2, -0.15) is 0 Å². The zero-order valence-electron chi connectivity index (χ0n) is 3.94. The highest BCUT2D eigenvalue weighted by atomic mass is 14.8. The lowest BCUT2D eigenvalue weighted by molar-refractivity contribution is 1.20. The van der Waals surface area contributed by atoms with Crippen molar-refractivity contribution >= 4 is 0 Å². The summed E-state index contributed by atoms with van der Waals surface area (Å²) in [6, 6.07) is 0. The predicted molar refractivity (Wildman–Crippen MR) is 28.1 cm³/mol. The Morgan fingerprint density at radius 3 is 2.50 bits per heavy atom. The van der Waals surface area contributed by atoms with E-state index in [-0.39, 0.29) is 0 Å². The van der Waals surface area contributed by atoms with Gasteiger partial charge < -0.3 is 5.32 Å². The summed E-state index contributed by atoms with van der Waals surface area (Å²) in [4.78, 5) is 0. The van der Waals surface area contributed by atoms with Crippen LogP contribution in [0.5, 0.6) is 0 Å². The molecule has 1 heteroatoms. The van der Waals surface area contributed by atoms with Crippen molar-refractivity contribution in [2.45, 2.75) is 6.92 Å². The van der Waals surface area contributed by atoms with Crippen molar-refractivity contribution in [3.05, 3.63) is 25.1 Å². The molecule has 0 aliphatic carbocycles. The van der Waals surface area contributed by atoms with Crippen molar-refractivity contribution in [2.24, 2.45) is 0 Å². The molecule has 0 fully saturated rings. The van der Waals surface area contributed by atoms with Gasteiger partial charge in [0.15, 0.2) is 0 Å². The Bertz CT molecular complexity index is 55.0. The van der Waals surface area contributed by atoms with E-state index < -0.39 is 0 Å². The summed E-state index contributed by atoms with van der Waals surface area (Å²) < 4.78 is 0. The van der Waals surface area contributed by atoms with Gasteiger partial charge in [-0.1, -0.05) is 12.7 Å². The topological polar surface area (TPSA) is 12.0 Å². The molecule has 0 radical (unpaired) electrons. The van der Waals surface area contributed by atoms with E-state index in [1.54, 1.807) is 6.20 Å². The van der Waals surface area contributed by atoms with Gasteiger partial charge in [0.2, 0.25) is 0 Å². The number of hydrogen-bond donors (Lipinski definition) is 1. The zero-order chi connectivity index (χ0) is 4.83. The van der Waals surface area contributed by atoms with Crippen LogP contribution in [0.15, 0.2) is 25.1 Å². The van der Waals surface area contributed by atoms with E-state index in [0.29, 0.717) is 0 Å². The molecule has 0 rings (SSSR count). The standard InChI is InChI=1S/C5H9N/c1-3-5-6-4-2/h3-6H,2H2,1H3. The molecule has 0 aromatic rings. The van der Waals surface area contributed by atoms with Crippen LogP contribution in [0.1, 0.15) is 6.92 Å². The molecule has 6 heavy (non-hydrogen) atoms. The van der Waals surface area contributed by atoms with Crippen molar-refractivity contribution in [3.63, 3.8) is 0 Å². The van der Waals surface area contributed by atoms with E-state index in [9.17, 15) is 0 Å².